The highest BCUT2D eigenvalue weighted by Crippen LogP contribution is 2.44. The van der Waals surface area contributed by atoms with Crippen LogP contribution >= 0.6 is 0 Å². The molecule has 0 aromatic carbocycles. The quantitative estimate of drug-likeness (QED) is 0.827. The molecule has 0 spiro atoms. The first-order valence-electron chi connectivity index (χ1n) is 9.48. The zero-order valence-electron chi connectivity index (χ0n) is 13.8. The van der Waals surface area contributed by atoms with E-state index in [2.05, 4.69) is 0 Å². The van der Waals surface area contributed by atoms with Gasteiger partial charge in [-0.15, -0.1) is 0 Å². The molecule has 3 rings (SSSR count). The Balaban J connectivity index is 1.49. The van der Waals surface area contributed by atoms with Crippen LogP contribution in [-0.4, -0.2) is 24.4 Å². The summed E-state index contributed by atoms with van der Waals surface area (Å²) in [6.45, 7) is 0. The molecule has 0 heterocycles. The summed E-state index contributed by atoms with van der Waals surface area (Å²) >= 11 is 0. The minimum atomic E-state index is -0.0187. The Morgan fingerprint density at radius 3 is 2.00 bits per heavy atom. The van der Waals surface area contributed by atoms with Crippen LogP contribution in [0, 0.1) is 23.7 Å². The molecule has 0 aromatic heterocycles. The molecule has 122 valence electrons. The summed E-state index contributed by atoms with van der Waals surface area (Å²) in [5.74, 6) is 3.10. The molecule has 0 aliphatic heterocycles. The van der Waals surface area contributed by atoms with Gasteiger partial charge in [-0.25, -0.2) is 0 Å². The molecule has 0 saturated heterocycles. The van der Waals surface area contributed by atoms with Crippen LogP contribution in [-0.2, 0) is 4.74 Å². The minimum absolute atomic E-state index is 0.0187. The molecule has 2 heteroatoms. The molecular formula is C19H34O2. The number of aliphatic hydroxyl groups excluding tert-OH is 1. The van der Waals surface area contributed by atoms with Gasteiger partial charge in [0.1, 0.15) is 0 Å². The van der Waals surface area contributed by atoms with Crippen LogP contribution in [0.1, 0.15) is 77.0 Å². The second-order valence-corrected chi connectivity index (χ2v) is 7.97. The predicted molar refractivity (Wildman–Crippen MR) is 86.2 cm³/mol. The van der Waals surface area contributed by atoms with Crippen LogP contribution in [0.3, 0.4) is 0 Å². The Labute approximate surface area is 130 Å². The normalized spacial score (nSPS) is 42.9. The fourth-order valence-corrected chi connectivity index (χ4v) is 5.54. The maximum atomic E-state index is 10.7. The first-order chi connectivity index (χ1) is 10.3. The molecule has 3 unspecified atom stereocenters. The second-order valence-electron chi connectivity index (χ2n) is 7.97. The summed E-state index contributed by atoms with van der Waals surface area (Å²) in [5, 5.41) is 10.7. The van der Waals surface area contributed by atoms with E-state index in [9.17, 15) is 5.11 Å². The van der Waals surface area contributed by atoms with Gasteiger partial charge < -0.3 is 9.84 Å². The van der Waals surface area contributed by atoms with Crippen LogP contribution < -0.4 is 0 Å². The fraction of sp³-hybridized carbons (Fsp3) is 1.00. The van der Waals surface area contributed by atoms with Gasteiger partial charge in [-0.3, -0.25) is 0 Å². The molecule has 3 aliphatic carbocycles. The maximum absolute atomic E-state index is 10.7. The zero-order chi connectivity index (χ0) is 14.7. The summed E-state index contributed by atoms with van der Waals surface area (Å²) in [6.07, 6.45) is 16.4. The Morgan fingerprint density at radius 1 is 0.714 bits per heavy atom. The third kappa shape index (κ3) is 3.82. The van der Waals surface area contributed by atoms with Crippen LogP contribution in [0.15, 0.2) is 0 Å². The lowest BCUT2D eigenvalue weighted by Gasteiger charge is -2.43. The van der Waals surface area contributed by atoms with E-state index in [0.717, 1.165) is 24.2 Å². The first kappa shape index (κ1) is 15.8. The zero-order valence-corrected chi connectivity index (χ0v) is 13.8. The van der Waals surface area contributed by atoms with E-state index in [1.807, 2.05) is 7.11 Å². The molecule has 3 fully saturated rings. The van der Waals surface area contributed by atoms with Crippen molar-refractivity contribution < 1.29 is 9.84 Å². The average molecular weight is 294 g/mol. The molecular weight excluding hydrogens is 260 g/mol. The number of rotatable bonds is 3. The third-order valence-corrected chi connectivity index (χ3v) is 6.88. The van der Waals surface area contributed by atoms with Crippen molar-refractivity contribution in [2.45, 2.75) is 89.3 Å². The van der Waals surface area contributed by atoms with E-state index in [1.54, 1.807) is 0 Å². The first-order valence-corrected chi connectivity index (χ1v) is 9.48. The van der Waals surface area contributed by atoms with Gasteiger partial charge in [0.15, 0.2) is 0 Å². The average Bonchev–Trinajstić information content (AvgIpc) is 2.56. The second kappa shape index (κ2) is 7.46. The largest absolute Gasteiger partial charge is 0.393 e. The molecule has 21 heavy (non-hydrogen) atoms. The van der Waals surface area contributed by atoms with E-state index < -0.39 is 0 Å². The van der Waals surface area contributed by atoms with E-state index in [-0.39, 0.29) is 6.10 Å². The highest BCUT2D eigenvalue weighted by atomic mass is 16.5. The molecule has 0 radical (unpaired) electrons. The van der Waals surface area contributed by atoms with E-state index in [4.69, 9.17) is 4.74 Å². The van der Waals surface area contributed by atoms with E-state index >= 15 is 0 Å². The Morgan fingerprint density at radius 2 is 1.38 bits per heavy atom. The molecule has 1 N–H and O–H groups in total. The van der Waals surface area contributed by atoms with Crippen molar-refractivity contribution in [1.82, 2.24) is 0 Å². The van der Waals surface area contributed by atoms with Gasteiger partial charge in [-0.2, -0.15) is 0 Å². The Kier molecular flexibility index (Phi) is 5.61. The smallest absolute Gasteiger partial charge is 0.0573 e. The van der Waals surface area contributed by atoms with Gasteiger partial charge in [0, 0.05) is 7.11 Å². The summed E-state index contributed by atoms with van der Waals surface area (Å²) in [5.41, 5.74) is 0. The lowest BCUT2D eigenvalue weighted by Crippen LogP contribution is -2.38. The number of aliphatic hydroxyl groups is 1. The standard InChI is InChI=1S/C19H34O2/c1-21-17-10-7-15(8-11-17)18-12-9-16(13-19(18)20)14-5-3-2-4-6-14/h14-20H,2-13H2,1H3. The highest BCUT2D eigenvalue weighted by molar-refractivity contribution is 4.89. The molecule has 3 atom stereocenters. The van der Waals surface area contributed by atoms with Gasteiger partial charge in [0.2, 0.25) is 0 Å². The van der Waals surface area contributed by atoms with Crippen molar-refractivity contribution in [3.05, 3.63) is 0 Å². The molecule has 0 amide bonds. The third-order valence-electron chi connectivity index (χ3n) is 6.88. The van der Waals surface area contributed by atoms with E-state index in [1.165, 1.54) is 70.6 Å². The van der Waals surface area contributed by atoms with Gasteiger partial charge in [0.25, 0.3) is 0 Å². The van der Waals surface area contributed by atoms with Crippen LogP contribution in [0.25, 0.3) is 0 Å². The van der Waals surface area contributed by atoms with Crippen molar-refractivity contribution in [2.24, 2.45) is 23.7 Å². The molecule has 0 bridgehead atoms. The number of hydrogen-bond acceptors (Lipinski definition) is 2. The van der Waals surface area contributed by atoms with Gasteiger partial charge in [-0.1, -0.05) is 32.1 Å². The lowest BCUT2D eigenvalue weighted by molar-refractivity contribution is -0.0262. The topological polar surface area (TPSA) is 29.5 Å². The summed E-state index contributed by atoms with van der Waals surface area (Å²) < 4.78 is 5.49. The Hall–Kier alpha value is -0.0800. The predicted octanol–water partition coefficient (Wildman–Crippen LogP) is 4.55. The van der Waals surface area contributed by atoms with Gasteiger partial charge in [-0.05, 0) is 68.6 Å². The highest BCUT2D eigenvalue weighted by Gasteiger charge is 2.38. The molecule has 2 nitrogen and oxygen atoms in total. The SMILES string of the molecule is COC1CCC(C2CCC(C3CCCCC3)CC2O)CC1. The van der Waals surface area contributed by atoms with Crippen molar-refractivity contribution in [3.63, 3.8) is 0 Å². The molecule has 0 aromatic rings. The van der Waals surface area contributed by atoms with Crippen LogP contribution in [0.2, 0.25) is 0 Å². The maximum Gasteiger partial charge on any atom is 0.0573 e. The number of methoxy groups -OCH3 is 1. The fourth-order valence-electron chi connectivity index (χ4n) is 5.54. The van der Waals surface area contributed by atoms with E-state index in [0.29, 0.717) is 12.0 Å². The number of hydrogen-bond donors (Lipinski definition) is 1. The summed E-state index contributed by atoms with van der Waals surface area (Å²) in [4.78, 5) is 0. The summed E-state index contributed by atoms with van der Waals surface area (Å²) in [6, 6.07) is 0. The van der Waals surface area contributed by atoms with Gasteiger partial charge in [0.05, 0.1) is 12.2 Å². The van der Waals surface area contributed by atoms with Crippen LogP contribution in [0.4, 0.5) is 0 Å². The minimum Gasteiger partial charge on any atom is -0.393 e. The summed E-state index contributed by atoms with van der Waals surface area (Å²) in [7, 11) is 1.84. The lowest BCUT2D eigenvalue weighted by atomic mass is 9.65. The monoisotopic (exact) mass is 294 g/mol. The molecule has 3 saturated carbocycles. The van der Waals surface area contributed by atoms with Crippen molar-refractivity contribution in [3.8, 4) is 0 Å². The Bertz CT molecular complexity index is 303. The van der Waals surface area contributed by atoms with Crippen molar-refractivity contribution >= 4 is 0 Å². The van der Waals surface area contributed by atoms with Crippen LogP contribution in [0.5, 0.6) is 0 Å². The van der Waals surface area contributed by atoms with Gasteiger partial charge >= 0.3 is 0 Å². The van der Waals surface area contributed by atoms with Crippen molar-refractivity contribution in [1.29, 1.82) is 0 Å². The van der Waals surface area contributed by atoms with Crippen molar-refractivity contribution in [2.75, 3.05) is 7.11 Å². The number of ether oxygens (including phenoxy) is 1. The molecule has 3 aliphatic rings.